The van der Waals surface area contributed by atoms with Gasteiger partial charge in [0.15, 0.2) is 0 Å². The van der Waals surface area contributed by atoms with Crippen LogP contribution >= 0.6 is 0 Å². The van der Waals surface area contributed by atoms with Crippen LogP contribution in [0.2, 0.25) is 0 Å². The zero-order valence-electron chi connectivity index (χ0n) is 21.7. The molecule has 1 atom stereocenters. The molecule has 3 N–H and O–H groups in total. The standard InChI is InChI=1S/C29H30N8O2/c1-30-27(38)14-4-2-3-12-24(34-29(39)23-11-7-8-13-26(23)37-19-32-35-36-37)28-31-18-25(33-28)22-16-15-20-9-5-6-10-21(20)17-22/h5-11,13,15-19,24H,2-4,12,14H2,1H3,(H,30,38)(H,31,33)(H,34,39). The fourth-order valence-electron chi connectivity index (χ4n) is 4.60. The largest absolute Gasteiger partial charge is 0.359 e. The Kier molecular flexibility index (Phi) is 8.01. The highest BCUT2D eigenvalue weighted by molar-refractivity contribution is 5.98. The summed E-state index contributed by atoms with van der Waals surface area (Å²) >= 11 is 0. The molecule has 0 fully saturated rings. The third-order valence-corrected chi connectivity index (χ3v) is 6.71. The molecule has 0 radical (unpaired) electrons. The second-order valence-electron chi connectivity index (χ2n) is 9.31. The molecule has 10 nitrogen and oxygen atoms in total. The molecule has 0 aliphatic heterocycles. The number of carbonyl (C=O) groups excluding carboxylic acids is 2. The summed E-state index contributed by atoms with van der Waals surface area (Å²) < 4.78 is 1.47. The number of unbranched alkanes of at least 4 members (excludes halogenated alkanes) is 2. The van der Waals surface area contributed by atoms with E-state index in [0.29, 0.717) is 29.9 Å². The number of amides is 2. The summed E-state index contributed by atoms with van der Waals surface area (Å²) in [5, 5.41) is 19.5. The first kappa shape index (κ1) is 25.8. The molecule has 39 heavy (non-hydrogen) atoms. The van der Waals surface area contributed by atoms with Crippen LogP contribution in [0, 0.1) is 0 Å². The number of para-hydroxylation sites is 1. The average molecular weight is 523 g/mol. The first-order chi connectivity index (χ1) is 19.1. The van der Waals surface area contributed by atoms with Crippen molar-refractivity contribution in [1.82, 2.24) is 40.8 Å². The molecule has 198 valence electrons. The van der Waals surface area contributed by atoms with Gasteiger partial charge in [0, 0.05) is 19.0 Å². The van der Waals surface area contributed by atoms with Gasteiger partial charge in [-0.05, 0) is 52.2 Å². The number of hydrogen-bond donors (Lipinski definition) is 3. The molecule has 5 rings (SSSR count). The quantitative estimate of drug-likeness (QED) is 0.221. The van der Waals surface area contributed by atoms with Gasteiger partial charge >= 0.3 is 0 Å². The van der Waals surface area contributed by atoms with Gasteiger partial charge < -0.3 is 15.6 Å². The summed E-state index contributed by atoms with van der Waals surface area (Å²) in [4.78, 5) is 33.2. The molecule has 2 amide bonds. The number of carbonyl (C=O) groups is 2. The van der Waals surface area contributed by atoms with Crippen LogP contribution in [0.25, 0.3) is 27.7 Å². The van der Waals surface area contributed by atoms with Crippen molar-refractivity contribution in [3.63, 3.8) is 0 Å². The molecular weight excluding hydrogens is 492 g/mol. The molecule has 5 aromatic rings. The van der Waals surface area contributed by atoms with E-state index < -0.39 is 0 Å². The Morgan fingerprint density at radius 1 is 0.974 bits per heavy atom. The number of hydrogen-bond acceptors (Lipinski definition) is 6. The van der Waals surface area contributed by atoms with Crippen molar-refractivity contribution >= 4 is 22.6 Å². The molecule has 10 heteroatoms. The normalized spacial score (nSPS) is 11.8. The monoisotopic (exact) mass is 522 g/mol. The number of rotatable bonds is 11. The van der Waals surface area contributed by atoms with Crippen molar-refractivity contribution in [3.05, 3.63) is 90.6 Å². The van der Waals surface area contributed by atoms with Crippen molar-refractivity contribution in [1.29, 1.82) is 0 Å². The number of aromatic amines is 1. The van der Waals surface area contributed by atoms with E-state index in [1.54, 1.807) is 31.4 Å². The molecular formula is C29H30N8O2. The Balaban J connectivity index is 1.37. The molecule has 0 aliphatic rings. The Morgan fingerprint density at radius 2 is 1.79 bits per heavy atom. The summed E-state index contributed by atoms with van der Waals surface area (Å²) in [6, 6.07) is 21.3. The Hall–Kier alpha value is -4.86. The molecule has 1 unspecified atom stereocenters. The van der Waals surface area contributed by atoms with E-state index in [1.165, 1.54) is 16.4 Å². The van der Waals surface area contributed by atoms with Gasteiger partial charge in [-0.25, -0.2) is 4.98 Å². The van der Waals surface area contributed by atoms with Gasteiger partial charge in [-0.2, -0.15) is 4.68 Å². The molecule has 2 aromatic heterocycles. The van der Waals surface area contributed by atoms with Gasteiger partial charge in [0.25, 0.3) is 5.91 Å². The molecule has 3 aromatic carbocycles. The predicted molar refractivity (Wildman–Crippen MR) is 148 cm³/mol. The number of imidazole rings is 1. The van der Waals surface area contributed by atoms with Crippen LogP contribution in [-0.4, -0.2) is 49.0 Å². The highest BCUT2D eigenvalue weighted by Crippen LogP contribution is 2.26. The summed E-state index contributed by atoms with van der Waals surface area (Å²) in [6.07, 6.45) is 6.87. The van der Waals surface area contributed by atoms with Crippen LogP contribution in [0.4, 0.5) is 0 Å². The van der Waals surface area contributed by atoms with Crippen LogP contribution in [0.1, 0.15) is 54.3 Å². The topological polar surface area (TPSA) is 130 Å². The summed E-state index contributed by atoms with van der Waals surface area (Å²) in [6.45, 7) is 0. The molecule has 0 bridgehead atoms. The number of tetrazole rings is 1. The van der Waals surface area contributed by atoms with Crippen LogP contribution in [0.3, 0.4) is 0 Å². The molecule has 0 saturated carbocycles. The zero-order valence-corrected chi connectivity index (χ0v) is 21.7. The van der Waals surface area contributed by atoms with E-state index in [4.69, 9.17) is 0 Å². The second kappa shape index (κ2) is 12.1. The van der Waals surface area contributed by atoms with Crippen molar-refractivity contribution in [2.24, 2.45) is 0 Å². The lowest BCUT2D eigenvalue weighted by Crippen LogP contribution is -2.30. The van der Waals surface area contributed by atoms with Crippen LogP contribution < -0.4 is 10.6 Å². The highest BCUT2D eigenvalue weighted by Gasteiger charge is 2.21. The van der Waals surface area contributed by atoms with Gasteiger partial charge in [-0.3, -0.25) is 9.59 Å². The Morgan fingerprint density at radius 3 is 2.62 bits per heavy atom. The number of aromatic nitrogens is 6. The lowest BCUT2D eigenvalue weighted by molar-refractivity contribution is -0.120. The second-order valence-corrected chi connectivity index (χ2v) is 9.31. The smallest absolute Gasteiger partial charge is 0.254 e. The first-order valence-corrected chi connectivity index (χ1v) is 13.0. The number of H-pyrrole nitrogens is 1. The predicted octanol–water partition coefficient (Wildman–Crippen LogP) is 4.37. The SMILES string of the molecule is CNC(=O)CCCCCC(NC(=O)c1ccccc1-n1cnnn1)c1ncc(-c2ccc3ccccc3c2)[nH]1. The number of benzene rings is 3. The van der Waals surface area contributed by atoms with Gasteiger partial charge in [-0.1, -0.05) is 61.4 Å². The first-order valence-electron chi connectivity index (χ1n) is 13.0. The van der Waals surface area contributed by atoms with Crippen LogP contribution in [0.15, 0.2) is 79.3 Å². The maximum absolute atomic E-state index is 13.5. The molecule has 0 spiro atoms. The molecule has 2 heterocycles. The van der Waals surface area contributed by atoms with E-state index in [9.17, 15) is 9.59 Å². The van der Waals surface area contributed by atoms with Crippen LogP contribution in [0.5, 0.6) is 0 Å². The van der Waals surface area contributed by atoms with E-state index >= 15 is 0 Å². The number of fused-ring (bicyclic) bond motifs is 1. The third kappa shape index (κ3) is 6.18. The minimum Gasteiger partial charge on any atom is -0.359 e. The zero-order chi connectivity index (χ0) is 27.0. The summed E-state index contributed by atoms with van der Waals surface area (Å²) in [7, 11) is 1.64. The Labute approximate surface area is 225 Å². The molecule has 0 aliphatic carbocycles. The maximum atomic E-state index is 13.5. The number of nitrogens with zero attached hydrogens (tertiary/aromatic N) is 5. The van der Waals surface area contributed by atoms with E-state index in [2.05, 4.69) is 66.5 Å². The fraction of sp³-hybridized carbons (Fsp3) is 0.241. The van der Waals surface area contributed by atoms with E-state index in [1.807, 2.05) is 18.2 Å². The Bertz CT molecular complexity index is 1560. The minimum absolute atomic E-state index is 0.0325. The van der Waals surface area contributed by atoms with Crippen molar-refractivity contribution in [2.45, 2.75) is 38.1 Å². The molecule has 0 saturated heterocycles. The van der Waals surface area contributed by atoms with Crippen molar-refractivity contribution in [2.75, 3.05) is 7.05 Å². The van der Waals surface area contributed by atoms with Crippen LogP contribution in [-0.2, 0) is 4.79 Å². The fourth-order valence-corrected chi connectivity index (χ4v) is 4.60. The van der Waals surface area contributed by atoms with Gasteiger partial charge in [0.1, 0.15) is 12.2 Å². The third-order valence-electron chi connectivity index (χ3n) is 6.71. The van der Waals surface area contributed by atoms with Crippen molar-refractivity contribution < 1.29 is 9.59 Å². The maximum Gasteiger partial charge on any atom is 0.254 e. The van der Waals surface area contributed by atoms with E-state index in [0.717, 1.165) is 35.9 Å². The summed E-state index contributed by atoms with van der Waals surface area (Å²) in [5.41, 5.74) is 2.94. The number of nitrogens with one attached hydrogen (secondary N) is 3. The lowest BCUT2D eigenvalue weighted by atomic mass is 10.0. The van der Waals surface area contributed by atoms with Crippen molar-refractivity contribution in [3.8, 4) is 16.9 Å². The van der Waals surface area contributed by atoms with Gasteiger partial charge in [0.05, 0.1) is 29.2 Å². The minimum atomic E-state index is -0.353. The van der Waals surface area contributed by atoms with Gasteiger partial charge in [0.2, 0.25) is 5.91 Å². The average Bonchev–Trinajstić information content (AvgIpc) is 3.69. The van der Waals surface area contributed by atoms with Gasteiger partial charge in [-0.15, -0.1) is 5.10 Å². The lowest BCUT2D eigenvalue weighted by Gasteiger charge is -2.18. The summed E-state index contributed by atoms with van der Waals surface area (Å²) in [5.74, 6) is 0.461. The van der Waals surface area contributed by atoms with E-state index in [-0.39, 0.29) is 17.9 Å². The highest BCUT2D eigenvalue weighted by atomic mass is 16.2.